The van der Waals surface area contributed by atoms with Crippen molar-refractivity contribution in [3.05, 3.63) is 11.8 Å². The first kappa shape index (κ1) is 13.6. The number of allylic oxidation sites excluding steroid dienone is 2. The van der Waals surface area contributed by atoms with E-state index in [0.717, 1.165) is 39.1 Å². The second-order valence-electron chi connectivity index (χ2n) is 6.18. The van der Waals surface area contributed by atoms with Crippen molar-refractivity contribution in [1.29, 1.82) is 0 Å². The van der Waals surface area contributed by atoms with Gasteiger partial charge in [-0.2, -0.15) is 0 Å². The van der Waals surface area contributed by atoms with Crippen LogP contribution in [0.25, 0.3) is 0 Å². The van der Waals surface area contributed by atoms with Gasteiger partial charge in [0.05, 0.1) is 6.42 Å². The first-order valence-electron chi connectivity index (χ1n) is 6.79. The molecule has 1 saturated heterocycles. The number of rotatable bonds is 2. The number of nitrogens with one attached hydrogen (secondary N) is 1. The zero-order valence-electron chi connectivity index (χ0n) is 12.1. The Kier molecular flexibility index (Phi) is 4.07. The van der Waals surface area contributed by atoms with E-state index in [9.17, 15) is 0 Å². The molecule has 0 aromatic heterocycles. The van der Waals surface area contributed by atoms with E-state index in [-0.39, 0.29) is 5.41 Å². The number of hydrogen-bond acceptors (Lipinski definition) is 3. The van der Waals surface area contributed by atoms with Gasteiger partial charge in [0.15, 0.2) is 18.8 Å². The summed E-state index contributed by atoms with van der Waals surface area (Å²) in [6.07, 6.45) is 4.57. The lowest BCUT2D eigenvalue weighted by atomic mass is 9.80. The minimum absolute atomic E-state index is 0.240. The summed E-state index contributed by atoms with van der Waals surface area (Å²) in [6.45, 7) is 8.43. The van der Waals surface area contributed by atoms with Crippen molar-refractivity contribution in [2.24, 2.45) is 5.41 Å². The van der Waals surface area contributed by atoms with Gasteiger partial charge in [0.1, 0.15) is 13.2 Å². The monoisotopic (exact) mass is 252 g/mol. The van der Waals surface area contributed by atoms with Crippen LogP contribution in [0.2, 0.25) is 0 Å². The fourth-order valence-electron chi connectivity index (χ4n) is 2.84. The summed E-state index contributed by atoms with van der Waals surface area (Å²) < 4.78 is 7.95. The summed E-state index contributed by atoms with van der Waals surface area (Å²) in [4.78, 5) is 0. The number of nitrogens with zero attached hydrogens (tertiary/aromatic N) is 2. The summed E-state index contributed by atoms with van der Waals surface area (Å²) in [7, 11) is 4.08. The second kappa shape index (κ2) is 5.41. The molecule has 4 nitrogen and oxygen atoms in total. The maximum atomic E-state index is 5.44. The molecule has 0 amide bonds. The molecule has 1 aliphatic carbocycles. The van der Waals surface area contributed by atoms with Crippen LogP contribution >= 0.6 is 0 Å². The first-order chi connectivity index (χ1) is 8.46. The molecule has 0 aromatic carbocycles. The van der Waals surface area contributed by atoms with Gasteiger partial charge in [0, 0.05) is 26.2 Å². The minimum atomic E-state index is 0.240. The highest BCUT2D eigenvalue weighted by Gasteiger charge is 2.31. The maximum Gasteiger partial charge on any atom is 0.166 e. The Balaban J connectivity index is 2.18. The molecule has 2 aliphatic rings. The third-order valence-electron chi connectivity index (χ3n) is 3.44. The summed E-state index contributed by atoms with van der Waals surface area (Å²) in [5, 5.41) is 2.02. The summed E-state index contributed by atoms with van der Waals surface area (Å²) in [6, 6.07) is 0. The average molecular weight is 252 g/mol. The predicted molar refractivity (Wildman–Crippen MR) is 73.7 cm³/mol. The lowest BCUT2D eigenvalue weighted by Gasteiger charge is -2.30. The number of hydrogen-bond donors (Lipinski definition) is 1. The van der Waals surface area contributed by atoms with Gasteiger partial charge in [-0.3, -0.25) is 0 Å². The Morgan fingerprint density at radius 3 is 2.56 bits per heavy atom. The Bertz CT molecular complexity index is 361. The van der Waals surface area contributed by atoms with Crippen LogP contribution in [-0.4, -0.2) is 55.7 Å². The van der Waals surface area contributed by atoms with E-state index in [4.69, 9.17) is 4.74 Å². The molecule has 1 N–H and O–H groups in total. The van der Waals surface area contributed by atoms with Gasteiger partial charge in [-0.15, -0.1) is 0 Å². The van der Waals surface area contributed by atoms with E-state index in [1.54, 1.807) is 5.71 Å². The van der Waals surface area contributed by atoms with Crippen molar-refractivity contribution in [2.45, 2.75) is 26.7 Å². The van der Waals surface area contributed by atoms with Gasteiger partial charge in [0.25, 0.3) is 0 Å². The zero-order valence-corrected chi connectivity index (χ0v) is 12.1. The lowest BCUT2D eigenvalue weighted by molar-refractivity contribution is -0.551. The van der Waals surface area contributed by atoms with E-state index in [2.05, 4.69) is 29.9 Å². The smallest absolute Gasteiger partial charge is 0.166 e. The molecule has 0 radical (unpaired) electrons. The highest BCUT2D eigenvalue weighted by atomic mass is 16.5. The Morgan fingerprint density at radius 2 is 1.94 bits per heavy atom. The SMILES string of the molecule is CN(C)NC1=CC(C)(C)CC(=[N+]2CCOCC2)C1. The maximum absolute atomic E-state index is 5.44. The number of hydrazine groups is 1. The molecule has 1 heterocycles. The zero-order chi connectivity index (χ0) is 13.2. The molecule has 102 valence electrons. The van der Waals surface area contributed by atoms with Crippen LogP contribution < -0.4 is 5.43 Å². The molecule has 1 aliphatic heterocycles. The van der Waals surface area contributed by atoms with Crippen molar-refractivity contribution in [3.63, 3.8) is 0 Å². The van der Waals surface area contributed by atoms with Gasteiger partial charge in [-0.25, -0.2) is 9.58 Å². The fraction of sp³-hybridized carbons (Fsp3) is 0.786. The van der Waals surface area contributed by atoms with Crippen molar-refractivity contribution in [1.82, 2.24) is 10.4 Å². The van der Waals surface area contributed by atoms with Crippen LogP contribution in [0.1, 0.15) is 26.7 Å². The summed E-state index contributed by atoms with van der Waals surface area (Å²) >= 11 is 0. The second-order valence-corrected chi connectivity index (χ2v) is 6.18. The molecule has 0 saturated carbocycles. The van der Waals surface area contributed by atoms with Crippen LogP contribution in [-0.2, 0) is 4.74 Å². The van der Waals surface area contributed by atoms with E-state index in [1.165, 1.54) is 5.70 Å². The number of morpholine rings is 1. The third kappa shape index (κ3) is 3.56. The van der Waals surface area contributed by atoms with Crippen LogP contribution in [0.15, 0.2) is 11.8 Å². The predicted octanol–water partition coefficient (Wildman–Crippen LogP) is 1.24. The average Bonchev–Trinajstić information content (AvgIpc) is 2.27. The van der Waals surface area contributed by atoms with E-state index in [1.807, 2.05) is 19.1 Å². The molecule has 4 heteroatoms. The van der Waals surface area contributed by atoms with Crippen LogP contribution in [0.4, 0.5) is 0 Å². The Morgan fingerprint density at radius 1 is 1.28 bits per heavy atom. The van der Waals surface area contributed by atoms with Crippen molar-refractivity contribution in [3.8, 4) is 0 Å². The minimum Gasteiger partial charge on any atom is -0.368 e. The van der Waals surface area contributed by atoms with Gasteiger partial charge in [-0.1, -0.05) is 19.9 Å². The van der Waals surface area contributed by atoms with Gasteiger partial charge >= 0.3 is 0 Å². The molecule has 0 aromatic rings. The van der Waals surface area contributed by atoms with Gasteiger partial charge < -0.3 is 10.2 Å². The molecule has 1 fully saturated rings. The molecule has 0 unspecified atom stereocenters. The summed E-state index contributed by atoms with van der Waals surface area (Å²) in [5.74, 6) is 0. The normalized spacial score (nSPS) is 24.2. The molecule has 18 heavy (non-hydrogen) atoms. The molecular formula is C14H26N3O+. The highest BCUT2D eigenvalue weighted by Crippen LogP contribution is 2.31. The number of ether oxygens (including phenoxy) is 1. The van der Waals surface area contributed by atoms with Crippen molar-refractivity contribution >= 4 is 5.71 Å². The first-order valence-corrected chi connectivity index (χ1v) is 6.79. The van der Waals surface area contributed by atoms with Crippen molar-refractivity contribution in [2.75, 3.05) is 40.4 Å². The van der Waals surface area contributed by atoms with E-state index >= 15 is 0 Å². The van der Waals surface area contributed by atoms with Crippen LogP contribution in [0.5, 0.6) is 0 Å². The van der Waals surface area contributed by atoms with Crippen LogP contribution in [0, 0.1) is 5.41 Å². The van der Waals surface area contributed by atoms with Crippen LogP contribution in [0.3, 0.4) is 0 Å². The van der Waals surface area contributed by atoms with Gasteiger partial charge in [0.2, 0.25) is 0 Å². The largest absolute Gasteiger partial charge is 0.368 e. The van der Waals surface area contributed by atoms with Crippen molar-refractivity contribution < 1.29 is 9.31 Å². The molecular weight excluding hydrogens is 226 g/mol. The van der Waals surface area contributed by atoms with Gasteiger partial charge in [-0.05, 0) is 5.41 Å². The van der Waals surface area contributed by atoms with E-state index < -0.39 is 0 Å². The molecule has 0 bridgehead atoms. The highest BCUT2D eigenvalue weighted by molar-refractivity contribution is 5.84. The fourth-order valence-corrected chi connectivity index (χ4v) is 2.84. The van der Waals surface area contributed by atoms with E-state index in [0.29, 0.717) is 0 Å². The molecule has 0 atom stereocenters. The topological polar surface area (TPSA) is 27.5 Å². The third-order valence-corrected chi connectivity index (χ3v) is 3.44. The standard InChI is InChI=1S/C14H26N3O/c1-14(2)10-12(15-16(3)4)9-13(11-14)17-5-7-18-8-6-17/h10,15H,5-9,11H2,1-4H3/q+1. The lowest BCUT2D eigenvalue weighted by Crippen LogP contribution is -2.40. The quantitative estimate of drug-likeness (QED) is 0.592. The molecule has 2 rings (SSSR count). The Labute approximate surface area is 110 Å². The Hall–Kier alpha value is -0.870. The summed E-state index contributed by atoms with van der Waals surface area (Å²) in [5.41, 5.74) is 6.53. The molecule has 0 spiro atoms.